The number of nitrogens with one attached hydrogen (secondary N) is 2. The lowest BCUT2D eigenvalue weighted by atomic mass is 9.99. The molecule has 2 aromatic rings. The molecule has 1 fully saturated rings. The second kappa shape index (κ2) is 10.5. The molecule has 2 heterocycles. The van der Waals surface area contributed by atoms with Crippen molar-refractivity contribution in [2.45, 2.75) is 50.9 Å². The normalized spacial score (nSPS) is 18.1. The molecule has 7 nitrogen and oxygen atoms in total. The Labute approximate surface area is 196 Å². The molecule has 1 aromatic carbocycles. The van der Waals surface area contributed by atoms with Crippen LogP contribution in [-0.4, -0.2) is 63.1 Å². The molecule has 3 amide bonds. The second-order valence-corrected chi connectivity index (χ2v) is 10.6. The van der Waals surface area contributed by atoms with Gasteiger partial charge in [0.05, 0.1) is 11.9 Å². The molecule has 0 radical (unpaired) electrons. The first kappa shape index (κ1) is 24.3. The van der Waals surface area contributed by atoms with Gasteiger partial charge in [-0.2, -0.15) is 11.3 Å². The van der Waals surface area contributed by atoms with E-state index in [0.29, 0.717) is 17.2 Å². The maximum atomic E-state index is 13.3. The van der Waals surface area contributed by atoms with E-state index < -0.39 is 29.6 Å². The van der Waals surface area contributed by atoms with E-state index in [4.69, 9.17) is 0 Å². The molecule has 3 rings (SSSR count). The zero-order valence-corrected chi connectivity index (χ0v) is 20.0. The van der Waals surface area contributed by atoms with Crippen LogP contribution in [0.4, 0.5) is 0 Å². The fourth-order valence-electron chi connectivity index (χ4n) is 3.43. The molecule has 1 aromatic heterocycles. The first-order chi connectivity index (χ1) is 15.2. The smallest absolute Gasteiger partial charge is 0.254 e. The predicted molar refractivity (Wildman–Crippen MR) is 128 cm³/mol. The van der Waals surface area contributed by atoms with E-state index in [0.717, 1.165) is 5.56 Å². The van der Waals surface area contributed by atoms with Crippen LogP contribution in [0.1, 0.15) is 36.7 Å². The third kappa shape index (κ3) is 6.34. The van der Waals surface area contributed by atoms with E-state index in [-0.39, 0.29) is 18.2 Å². The molecule has 172 valence electrons. The number of nitrogens with zero attached hydrogens (tertiary/aromatic N) is 1. The van der Waals surface area contributed by atoms with Gasteiger partial charge in [0.1, 0.15) is 6.04 Å². The Bertz CT molecular complexity index is 928. The van der Waals surface area contributed by atoms with Gasteiger partial charge >= 0.3 is 0 Å². The molecular weight excluding hydrogens is 446 g/mol. The lowest BCUT2D eigenvalue weighted by Gasteiger charge is -2.31. The first-order valence-electron chi connectivity index (χ1n) is 10.4. The fraction of sp³-hybridized carbons (Fsp3) is 0.435. The summed E-state index contributed by atoms with van der Waals surface area (Å²) in [5.41, 5.74) is 0.932. The van der Waals surface area contributed by atoms with Crippen molar-refractivity contribution in [1.82, 2.24) is 15.5 Å². The van der Waals surface area contributed by atoms with Crippen molar-refractivity contribution in [3.63, 3.8) is 0 Å². The van der Waals surface area contributed by atoms with Crippen molar-refractivity contribution in [1.29, 1.82) is 0 Å². The molecule has 3 N–H and O–H groups in total. The van der Waals surface area contributed by atoms with Crippen LogP contribution < -0.4 is 10.6 Å². The molecule has 1 aliphatic rings. The summed E-state index contributed by atoms with van der Waals surface area (Å²) in [5, 5.41) is 20.3. The van der Waals surface area contributed by atoms with Crippen molar-refractivity contribution in [3.8, 4) is 0 Å². The number of benzene rings is 1. The highest BCUT2D eigenvalue weighted by atomic mass is 32.2. The van der Waals surface area contributed by atoms with Crippen LogP contribution >= 0.6 is 23.1 Å². The zero-order valence-electron chi connectivity index (χ0n) is 18.4. The molecule has 0 saturated carbocycles. The minimum absolute atomic E-state index is 0.245. The standard InChI is InChI=1S/C23H29N3O4S2/c1-23(2,3)25-21(29)18-13-32-14-26(18)22(30)19(27)17(11-15-7-5-4-6-8-15)24-20(28)16-9-10-31-12-16/h4-10,12,17-19,27H,11,13-14H2,1-3H3,(H,24,28)(H,25,29)/t17-,18?,19-/m0/s1. The van der Waals surface area contributed by atoms with Crippen LogP contribution in [-0.2, 0) is 16.0 Å². The number of thiophene rings is 1. The highest BCUT2D eigenvalue weighted by molar-refractivity contribution is 7.99. The van der Waals surface area contributed by atoms with Gasteiger partial charge in [0.15, 0.2) is 6.10 Å². The second-order valence-electron chi connectivity index (χ2n) is 8.79. The van der Waals surface area contributed by atoms with Crippen molar-refractivity contribution < 1.29 is 19.5 Å². The van der Waals surface area contributed by atoms with Crippen LogP contribution in [0.5, 0.6) is 0 Å². The summed E-state index contributed by atoms with van der Waals surface area (Å²) in [6.45, 7) is 5.64. The Morgan fingerprint density at radius 3 is 2.53 bits per heavy atom. The average molecular weight is 476 g/mol. The molecule has 32 heavy (non-hydrogen) atoms. The third-order valence-corrected chi connectivity index (χ3v) is 6.69. The van der Waals surface area contributed by atoms with E-state index in [1.807, 2.05) is 51.1 Å². The topological polar surface area (TPSA) is 98.7 Å². The number of carbonyl (C=O) groups excluding carboxylic acids is 3. The van der Waals surface area contributed by atoms with Gasteiger partial charge in [-0.3, -0.25) is 14.4 Å². The molecule has 3 atom stereocenters. The lowest BCUT2D eigenvalue weighted by Crippen LogP contribution is -2.57. The molecule has 0 spiro atoms. The number of amides is 3. The van der Waals surface area contributed by atoms with Gasteiger partial charge in [0.2, 0.25) is 5.91 Å². The summed E-state index contributed by atoms with van der Waals surface area (Å²) in [7, 11) is 0. The summed E-state index contributed by atoms with van der Waals surface area (Å²) in [4.78, 5) is 40.1. The minimum Gasteiger partial charge on any atom is -0.381 e. The largest absolute Gasteiger partial charge is 0.381 e. The Balaban J connectivity index is 1.77. The highest BCUT2D eigenvalue weighted by Gasteiger charge is 2.40. The molecule has 1 aliphatic heterocycles. The van der Waals surface area contributed by atoms with Crippen molar-refractivity contribution in [2.75, 3.05) is 11.6 Å². The van der Waals surface area contributed by atoms with Crippen LogP contribution in [0, 0.1) is 0 Å². The molecular formula is C23H29N3O4S2. The Kier molecular flexibility index (Phi) is 7.97. The quantitative estimate of drug-likeness (QED) is 0.571. The van der Waals surface area contributed by atoms with E-state index in [2.05, 4.69) is 10.6 Å². The maximum Gasteiger partial charge on any atom is 0.254 e. The van der Waals surface area contributed by atoms with Gasteiger partial charge in [0, 0.05) is 22.2 Å². The molecule has 1 saturated heterocycles. The summed E-state index contributed by atoms with van der Waals surface area (Å²) in [5.74, 6) is -0.378. The number of thioether (sulfide) groups is 1. The third-order valence-electron chi connectivity index (χ3n) is 5.00. The summed E-state index contributed by atoms with van der Waals surface area (Å²) < 4.78 is 0. The highest BCUT2D eigenvalue weighted by Crippen LogP contribution is 2.24. The average Bonchev–Trinajstić information content (AvgIpc) is 3.43. The van der Waals surface area contributed by atoms with Gasteiger partial charge in [-0.05, 0) is 44.2 Å². The predicted octanol–water partition coefficient (Wildman–Crippen LogP) is 2.27. The summed E-state index contributed by atoms with van der Waals surface area (Å²) >= 11 is 2.86. The number of aliphatic hydroxyl groups is 1. The summed E-state index contributed by atoms with van der Waals surface area (Å²) in [6, 6.07) is 9.57. The van der Waals surface area contributed by atoms with Gasteiger partial charge < -0.3 is 20.6 Å². The van der Waals surface area contributed by atoms with Crippen molar-refractivity contribution in [2.24, 2.45) is 0 Å². The molecule has 0 aliphatic carbocycles. The first-order valence-corrected chi connectivity index (χ1v) is 12.5. The number of carbonyl (C=O) groups is 3. The Hall–Kier alpha value is -2.36. The van der Waals surface area contributed by atoms with E-state index in [9.17, 15) is 19.5 Å². The number of aliphatic hydroxyl groups excluding tert-OH is 1. The van der Waals surface area contributed by atoms with E-state index in [1.54, 1.807) is 16.8 Å². The number of hydrogen-bond acceptors (Lipinski definition) is 6. The zero-order chi connectivity index (χ0) is 23.3. The monoisotopic (exact) mass is 475 g/mol. The minimum atomic E-state index is -1.48. The molecule has 9 heteroatoms. The SMILES string of the molecule is CC(C)(C)NC(=O)C1CSCN1C(=O)[C@@H](O)[C@H](Cc1ccccc1)NC(=O)c1ccsc1. The van der Waals surface area contributed by atoms with Crippen LogP contribution in [0.2, 0.25) is 0 Å². The Morgan fingerprint density at radius 2 is 1.91 bits per heavy atom. The van der Waals surface area contributed by atoms with Crippen molar-refractivity contribution in [3.05, 3.63) is 58.3 Å². The van der Waals surface area contributed by atoms with Crippen LogP contribution in [0.25, 0.3) is 0 Å². The number of hydrogen-bond donors (Lipinski definition) is 3. The molecule has 0 bridgehead atoms. The van der Waals surface area contributed by atoms with E-state index in [1.165, 1.54) is 28.0 Å². The lowest BCUT2D eigenvalue weighted by molar-refractivity contribution is -0.146. The van der Waals surface area contributed by atoms with Crippen molar-refractivity contribution >= 4 is 40.8 Å². The van der Waals surface area contributed by atoms with Gasteiger partial charge in [0.25, 0.3) is 11.8 Å². The summed E-state index contributed by atoms with van der Waals surface area (Å²) in [6.07, 6.45) is -1.20. The van der Waals surface area contributed by atoms with Crippen LogP contribution in [0.15, 0.2) is 47.2 Å². The van der Waals surface area contributed by atoms with Gasteiger partial charge in [-0.1, -0.05) is 30.3 Å². The maximum absolute atomic E-state index is 13.3. The van der Waals surface area contributed by atoms with Gasteiger partial charge in [-0.25, -0.2) is 0 Å². The van der Waals surface area contributed by atoms with Crippen LogP contribution in [0.3, 0.4) is 0 Å². The fourth-order valence-corrected chi connectivity index (χ4v) is 5.23. The van der Waals surface area contributed by atoms with E-state index >= 15 is 0 Å². The Morgan fingerprint density at radius 1 is 1.19 bits per heavy atom. The van der Waals surface area contributed by atoms with Gasteiger partial charge in [-0.15, -0.1) is 11.8 Å². The molecule has 1 unspecified atom stereocenters. The number of rotatable bonds is 7.